The van der Waals surface area contributed by atoms with Crippen molar-refractivity contribution in [3.8, 4) is 0 Å². The first-order valence-electron chi connectivity index (χ1n) is 5.27. The van der Waals surface area contributed by atoms with Crippen LogP contribution < -0.4 is 5.32 Å². The third-order valence-corrected chi connectivity index (χ3v) is 1.98. The van der Waals surface area contributed by atoms with Crippen molar-refractivity contribution in [3.05, 3.63) is 12.7 Å². The molecule has 1 atom stereocenters. The first-order valence-corrected chi connectivity index (χ1v) is 5.27. The first kappa shape index (κ1) is 12.7. The lowest BCUT2D eigenvalue weighted by Crippen LogP contribution is -2.33. The number of nitrogens with one attached hydrogen (secondary N) is 1. The molecule has 0 aliphatic rings. The van der Waals surface area contributed by atoms with E-state index in [-0.39, 0.29) is 0 Å². The molecule has 0 aliphatic carbocycles. The van der Waals surface area contributed by atoms with Gasteiger partial charge in [-0.25, -0.2) is 0 Å². The molecule has 0 saturated carbocycles. The molecule has 0 heterocycles. The summed E-state index contributed by atoms with van der Waals surface area (Å²) >= 11 is 0. The Balaban J connectivity index is 3.46. The van der Waals surface area contributed by atoms with Crippen molar-refractivity contribution < 1.29 is 4.74 Å². The summed E-state index contributed by atoms with van der Waals surface area (Å²) in [5.41, 5.74) is 0. The number of rotatable bonds is 9. The van der Waals surface area contributed by atoms with Crippen LogP contribution in [0.5, 0.6) is 0 Å². The molecular weight excluding hydrogens is 162 g/mol. The smallest absolute Gasteiger partial charge is 0.0619 e. The molecule has 0 radical (unpaired) electrons. The molecule has 0 aromatic rings. The normalized spacial score (nSPS) is 12.8. The molecule has 0 rings (SSSR count). The van der Waals surface area contributed by atoms with Crippen molar-refractivity contribution in [3.63, 3.8) is 0 Å². The monoisotopic (exact) mass is 185 g/mol. The minimum Gasteiger partial charge on any atom is -0.380 e. The Morgan fingerprint density at radius 1 is 1.46 bits per heavy atom. The number of hydrogen-bond donors (Lipinski definition) is 1. The van der Waals surface area contributed by atoms with Gasteiger partial charge in [-0.05, 0) is 32.7 Å². The van der Waals surface area contributed by atoms with Crippen LogP contribution in [0.3, 0.4) is 0 Å². The molecule has 0 aromatic carbocycles. The van der Waals surface area contributed by atoms with E-state index in [1.807, 2.05) is 13.0 Å². The van der Waals surface area contributed by atoms with Crippen LogP contribution in [0, 0.1) is 0 Å². The van der Waals surface area contributed by atoms with E-state index in [4.69, 9.17) is 4.74 Å². The summed E-state index contributed by atoms with van der Waals surface area (Å²) in [6.45, 7) is 10.5. The largest absolute Gasteiger partial charge is 0.380 e. The van der Waals surface area contributed by atoms with Gasteiger partial charge in [0.15, 0.2) is 0 Å². The molecule has 2 nitrogen and oxygen atoms in total. The summed E-state index contributed by atoms with van der Waals surface area (Å²) < 4.78 is 5.39. The number of likely N-dealkylation sites (N-methyl/N-ethyl adjacent to an activating group) is 1. The van der Waals surface area contributed by atoms with Gasteiger partial charge in [0.1, 0.15) is 0 Å². The molecule has 1 N–H and O–H groups in total. The SMILES string of the molecule is C=CCCCC(COCC)NCC. The third kappa shape index (κ3) is 8.00. The molecular formula is C11H23NO. The fraction of sp³-hybridized carbons (Fsp3) is 0.818. The highest BCUT2D eigenvalue weighted by molar-refractivity contribution is 4.70. The van der Waals surface area contributed by atoms with E-state index in [0.29, 0.717) is 6.04 Å². The van der Waals surface area contributed by atoms with Crippen molar-refractivity contribution >= 4 is 0 Å². The standard InChI is InChI=1S/C11H23NO/c1-4-7-8-9-11(12-5-2)10-13-6-3/h4,11-12H,1,5-10H2,2-3H3. The van der Waals surface area contributed by atoms with Gasteiger partial charge in [-0.2, -0.15) is 0 Å². The van der Waals surface area contributed by atoms with Crippen LogP contribution in [-0.4, -0.2) is 25.8 Å². The van der Waals surface area contributed by atoms with Crippen LogP contribution in [0.4, 0.5) is 0 Å². The third-order valence-electron chi connectivity index (χ3n) is 1.98. The quantitative estimate of drug-likeness (QED) is 0.440. The molecule has 0 aliphatic heterocycles. The molecule has 0 aromatic heterocycles. The zero-order valence-corrected chi connectivity index (χ0v) is 9.01. The highest BCUT2D eigenvalue weighted by Crippen LogP contribution is 2.02. The van der Waals surface area contributed by atoms with Crippen LogP contribution in [-0.2, 0) is 4.74 Å². The Hall–Kier alpha value is -0.340. The van der Waals surface area contributed by atoms with Gasteiger partial charge in [-0.15, -0.1) is 6.58 Å². The van der Waals surface area contributed by atoms with E-state index >= 15 is 0 Å². The predicted molar refractivity (Wildman–Crippen MR) is 58.0 cm³/mol. The second kappa shape index (κ2) is 9.75. The van der Waals surface area contributed by atoms with Gasteiger partial charge >= 0.3 is 0 Å². The van der Waals surface area contributed by atoms with Crippen LogP contribution in [0.15, 0.2) is 12.7 Å². The van der Waals surface area contributed by atoms with Crippen LogP contribution >= 0.6 is 0 Å². The van der Waals surface area contributed by atoms with E-state index in [1.54, 1.807) is 0 Å². The zero-order valence-electron chi connectivity index (χ0n) is 9.01. The van der Waals surface area contributed by atoms with Crippen molar-refractivity contribution in [1.29, 1.82) is 0 Å². The molecule has 2 heteroatoms. The van der Waals surface area contributed by atoms with Gasteiger partial charge < -0.3 is 10.1 Å². The molecule has 13 heavy (non-hydrogen) atoms. The molecule has 0 saturated heterocycles. The Kier molecular flexibility index (Phi) is 9.49. The second-order valence-electron chi connectivity index (χ2n) is 3.13. The molecule has 0 bridgehead atoms. The van der Waals surface area contributed by atoms with E-state index < -0.39 is 0 Å². The van der Waals surface area contributed by atoms with Crippen molar-refractivity contribution in [2.75, 3.05) is 19.8 Å². The van der Waals surface area contributed by atoms with Crippen molar-refractivity contribution in [2.24, 2.45) is 0 Å². The van der Waals surface area contributed by atoms with E-state index in [9.17, 15) is 0 Å². The fourth-order valence-electron chi connectivity index (χ4n) is 1.30. The van der Waals surface area contributed by atoms with Gasteiger partial charge in [0, 0.05) is 12.6 Å². The van der Waals surface area contributed by atoms with Crippen molar-refractivity contribution in [1.82, 2.24) is 5.32 Å². The molecule has 78 valence electrons. The van der Waals surface area contributed by atoms with Gasteiger partial charge in [-0.1, -0.05) is 13.0 Å². The second-order valence-corrected chi connectivity index (χ2v) is 3.13. The first-order chi connectivity index (χ1) is 6.35. The van der Waals surface area contributed by atoms with Gasteiger partial charge in [-0.3, -0.25) is 0 Å². The van der Waals surface area contributed by atoms with E-state index in [0.717, 1.165) is 26.2 Å². The van der Waals surface area contributed by atoms with Gasteiger partial charge in [0.2, 0.25) is 0 Å². The zero-order chi connectivity index (χ0) is 9.94. The summed E-state index contributed by atoms with van der Waals surface area (Å²) in [5.74, 6) is 0. The lowest BCUT2D eigenvalue weighted by molar-refractivity contribution is 0.120. The highest BCUT2D eigenvalue weighted by Gasteiger charge is 2.05. The summed E-state index contributed by atoms with van der Waals surface area (Å²) in [5, 5.41) is 3.42. The average molecular weight is 185 g/mol. The topological polar surface area (TPSA) is 21.3 Å². The maximum atomic E-state index is 5.39. The fourth-order valence-corrected chi connectivity index (χ4v) is 1.30. The van der Waals surface area contributed by atoms with Gasteiger partial charge in [0.25, 0.3) is 0 Å². The Morgan fingerprint density at radius 2 is 2.23 bits per heavy atom. The number of ether oxygens (including phenoxy) is 1. The van der Waals surface area contributed by atoms with Crippen molar-refractivity contribution in [2.45, 2.75) is 39.2 Å². The minimum atomic E-state index is 0.518. The Bertz CT molecular complexity index is 115. The number of allylic oxidation sites excluding steroid dienone is 1. The summed E-state index contributed by atoms with van der Waals surface area (Å²) in [6, 6.07) is 0.518. The highest BCUT2D eigenvalue weighted by atomic mass is 16.5. The average Bonchev–Trinajstić information content (AvgIpc) is 2.14. The summed E-state index contributed by atoms with van der Waals surface area (Å²) in [4.78, 5) is 0. The summed E-state index contributed by atoms with van der Waals surface area (Å²) in [6.07, 6.45) is 5.46. The van der Waals surface area contributed by atoms with E-state index in [2.05, 4.69) is 18.8 Å². The molecule has 0 fully saturated rings. The Labute approximate surface area is 82.4 Å². The molecule has 1 unspecified atom stereocenters. The van der Waals surface area contributed by atoms with Crippen LogP contribution in [0.25, 0.3) is 0 Å². The molecule has 0 spiro atoms. The van der Waals surface area contributed by atoms with Crippen LogP contribution in [0.1, 0.15) is 33.1 Å². The number of unbranched alkanes of at least 4 members (excludes halogenated alkanes) is 1. The predicted octanol–water partition coefficient (Wildman–Crippen LogP) is 2.36. The van der Waals surface area contributed by atoms with E-state index in [1.165, 1.54) is 12.8 Å². The lowest BCUT2D eigenvalue weighted by Gasteiger charge is -2.16. The molecule has 0 amide bonds. The maximum Gasteiger partial charge on any atom is 0.0619 e. The lowest BCUT2D eigenvalue weighted by atomic mass is 10.1. The van der Waals surface area contributed by atoms with Gasteiger partial charge in [0.05, 0.1) is 6.61 Å². The maximum absolute atomic E-state index is 5.39. The number of hydrogen-bond acceptors (Lipinski definition) is 2. The Morgan fingerprint density at radius 3 is 2.77 bits per heavy atom. The minimum absolute atomic E-state index is 0.518. The van der Waals surface area contributed by atoms with Crippen LogP contribution in [0.2, 0.25) is 0 Å². The summed E-state index contributed by atoms with van der Waals surface area (Å²) in [7, 11) is 0.